The van der Waals surface area contributed by atoms with Crippen molar-refractivity contribution in [3.8, 4) is 0 Å². The number of benzene rings is 1. The number of aliphatic hydroxyl groups is 1. The normalized spacial score (nSPS) is 33.3. The molecule has 8 heteroatoms. The van der Waals surface area contributed by atoms with Crippen molar-refractivity contribution in [2.45, 2.75) is 107 Å². The smallest absolute Gasteiger partial charge is 0.246 e. The summed E-state index contributed by atoms with van der Waals surface area (Å²) in [6.45, 7) is 4.26. The second kappa shape index (κ2) is 11.0. The van der Waals surface area contributed by atoms with Gasteiger partial charge in [0.15, 0.2) is 0 Å². The van der Waals surface area contributed by atoms with E-state index in [4.69, 9.17) is 4.74 Å². The van der Waals surface area contributed by atoms with Gasteiger partial charge in [0.1, 0.15) is 11.6 Å². The van der Waals surface area contributed by atoms with Crippen molar-refractivity contribution in [2.24, 2.45) is 11.8 Å². The van der Waals surface area contributed by atoms with Crippen molar-refractivity contribution in [3.05, 3.63) is 35.9 Å². The summed E-state index contributed by atoms with van der Waals surface area (Å²) in [6.07, 6.45) is 8.20. The Balaban J connectivity index is 1.53. The predicted molar refractivity (Wildman–Crippen MR) is 143 cm³/mol. The van der Waals surface area contributed by atoms with Gasteiger partial charge < -0.3 is 25.4 Å². The van der Waals surface area contributed by atoms with E-state index in [1.165, 1.54) is 6.42 Å². The van der Waals surface area contributed by atoms with Crippen LogP contribution in [-0.2, 0) is 25.5 Å². The molecule has 1 aromatic rings. The van der Waals surface area contributed by atoms with Gasteiger partial charge in [-0.25, -0.2) is 0 Å². The van der Waals surface area contributed by atoms with Gasteiger partial charge in [-0.2, -0.15) is 0 Å². The molecule has 0 aromatic heterocycles. The summed E-state index contributed by atoms with van der Waals surface area (Å²) in [5, 5.41) is 16.8. The van der Waals surface area contributed by atoms with Crippen LogP contribution >= 0.6 is 0 Å². The van der Waals surface area contributed by atoms with Gasteiger partial charge in [-0.05, 0) is 50.5 Å². The molecule has 38 heavy (non-hydrogen) atoms. The molecule has 1 spiro atoms. The Morgan fingerprint density at radius 3 is 2.50 bits per heavy atom. The van der Waals surface area contributed by atoms with Gasteiger partial charge >= 0.3 is 0 Å². The molecule has 2 unspecified atom stereocenters. The number of aliphatic hydroxyl groups excluding tert-OH is 1. The van der Waals surface area contributed by atoms with Crippen LogP contribution in [0.4, 0.5) is 0 Å². The van der Waals surface area contributed by atoms with Crippen LogP contribution < -0.4 is 10.6 Å². The van der Waals surface area contributed by atoms with Crippen molar-refractivity contribution < 1.29 is 24.2 Å². The molecule has 3 N–H and O–H groups in total. The van der Waals surface area contributed by atoms with E-state index in [2.05, 4.69) is 10.6 Å². The lowest BCUT2D eigenvalue weighted by Gasteiger charge is -2.38. The Labute approximate surface area is 225 Å². The van der Waals surface area contributed by atoms with Gasteiger partial charge in [-0.1, -0.05) is 63.4 Å². The average molecular weight is 526 g/mol. The van der Waals surface area contributed by atoms with Crippen LogP contribution in [0.3, 0.4) is 0 Å². The Hall–Kier alpha value is -2.45. The van der Waals surface area contributed by atoms with E-state index in [9.17, 15) is 19.5 Å². The largest absolute Gasteiger partial charge is 0.394 e. The molecule has 6 atom stereocenters. The van der Waals surface area contributed by atoms with Gasteiger partial charge in [0, 0.05) is 12.6 Å². The zero-order chi connectivity index (χ0) is 26.9. The number of amides is 3. The Kier molecular flexibility index (Phi) is 7.83. The van der Waals surface area contributed by atoms with Crippen LogP contribution in [0, 0.1) is 11.8 Å². The number of fused-ring (bicyclic) bond motifs is 1. The minimum atomic E-state index is -1.07. The first-order valence-corrected chi connectivity index (χ1v) is 14.7. The Morgan fingerprint density at radius 2 is 1.84 bits per heavy atom. The number of likely N-dealkylation sites (tertiary alicyclic amines) is 1. The van der Waals surface area contributed by atoms with E-state index in [1.807, 2.05) is 44.2 Å². The maximum Gasteiger partial charge on any atom is 0.246 e. The predicted octanol–water partition coefficient (Wildman–Crippen LogP) is 2.72. The zero-order valence-electron chi connectivity index (χ0n) is 22.8. The standard InChI is InChI=1S/C30H43N3O5/c1-3-17-31-26(35)23-24-28(37)33(22(19-34)18-20-11-7-5-8-12-20)25(27(36)32-21-13-9-6-10-14-21)30(24)16-15-29(23,4-2)38-30/h5,7-8,11-12,21-25,34H,3-4,6,9-10,13-19H2,1-2H3,(H,31,35)(H,32,36)/t22-,23+,24+,25?,29-,30?/m1/s1. The molecule has 2 bridgehead atoms. The minimum Gasteiger partial charge on any atom is -0.394 e. The van der Waals surface area contributed by atoms with E-state index in [1.54, 1.807) is 4.90 Å². The third-order valence-electron chi connectivity index (χ3n) is 9.57. The van der Waals surface area contributed by atoms with Crippen molar-refractivity contribution in [2.75, 3.05) is 13.2 Å². The summed E-state index contributed by atoms with van der Waals surface area (Å²) in [7, 11) is 0. The highest BCUT2D eigenvalue weighted by molar-refractivity contribution is 5.99. The Bertz CT molecular complexity index is 1030. The SMILES string of the molecule is CCCNC(=O)[C@@H]1[C@H]2C(=O)N([C@@H](CO)Cc3ccccc3)C(C(=O)NC3CCCCC3)C23CC[C@@]1(CC)O3. The first kappa shape index (κ1) is 27.1. The molecule has 208 valence electrons. The fourth-order valence-corrected chi connectivity index (χ4v) is 7.77. The number of carbonyl (C=O) groups excluding carboxylic acids is 3. The lowest BCUT2D eigenvalue weighted by Crippen LogP contribution is -2.59. The van der Waals surface area contributed by atoms with Crippen LogP contribution in [-0.4, -0.2) is 70.2 Å². The molecule has 1 aromatic carbocycles. The number of nitrogens with one attached hydrogen (secondary N) is 2. The second-order valence-electron chi connectivity index (χ2n) is 11.7. The van der Waals surface area contributed by atoms with Crippen LogP contribution in [0.15, 0.2) is 30.3 Å². The molecule has 3 saturated heterocycles. The summed E-state index contributed by atoms with van der Waals surface area (Å²) in [6, 6.07) is 8.33. The summed E-state index contributed by atoms with van der Waals surface area (Å²) >= 11 is 0. The fraction of sp³-hybridized carbons (Fsp3) is 0.700. The topological polar surface area (TPSA) is 108 Å². The van der Waals surface area contributed by atoms with Gasteiger partial charge in [-0.3, -0.25) is 14.4 Å². The van der Waals surface area contributed by atoms with E-state index in [-0.39, 0.29) is 30.4 Å². The van der Waals surface area contributed by atoms with Crippen LogP contribution in [0.25, 0.3) is 0 Å². The van der Waals surface area contributed by atoms with E-state index < -0.39 is 35.1 Å². The number of nitrogens with zero attached hydrogens (tertiary/aromatic N) is 1. The summed E-state index contributed by atoms with van der Waals surface area (Å²) in [5.74, 6) is -1.99. The molecule has 8 nitrogen and oxygen atoms in total. The third kappa shape index (κ3) is 4.43. The fourth-order valence-electron chi connectivity index (χ4n) is 7.77. The third-order valence-corrected chi connectivity index (χ3v) is 9.57. The summed E-state index contributed by atoms with van der Waals surface area (Å²) in [5.41, 5.74) is -0.834. The maximum atomic E-state index is 14.4. The van der Waals surface area contributed by atoms with Crippen molar-refractivity contribution in [1.29, 1.82) is 0 Å². The van der Waals surface area contributed by atoms with Crippen molar-refractivity contribution >= 4 is 17.7 Å². The summed E-state index contributed by atoms with van der Waals surface area (Å²) < 4.78 is 6.84. The molecule has 3 aliphatic heterocycles. The second-order valence-corrected chi connectivity index (χ2v) is 11.7. The molecule has 4 fully saturated rings. The molecular formula is C30H43N3O5. The number of hydrogen-bond acceptors (Lipinski definition) is 5. The van der Waals surface area contributed by atoms with Gasteiger partial charge in [0.2, 0.25) is 17.7 Å². The zero-order valence-corrected chi connectivity index (χ0v) is 22.8. The van der Waals surface area contributed by atoms with E-state index >= 15 is 0 Å². The monoisotopic (exact) mass is 525 g/mol. The molecule has 4 aliphatic rings. The minimum absolute atomic E-state index is 0.0766. The summed E-state index contributed by atoms with van der Waals surface area (Å²) in [4.78, 5) is 43.7. The van der Waals surface area contributed by atoms with Crippen LogP contribution in [0.2, 0.25) is 0 Å². The average Bonchev–Trinajstić information content (AvgIpc) is 3.55. The van der Waals surface area contributed by atoms with Gasteiger partial charge in [0.05, 0.1) is 30.1 Å². The number of hydrogen-bond donors (Lipinski definition) is 3. The number of ether oxygens (including phenoxy) is 1. The van der Waals surface area contributed by atoms with Crippen LogP contribution in [0.1, 0.15) is 77.2 Å². The van der Waals surface area contributed by atoms with Gasteiger partial charge in [0.25, 0.3) is 0 Å². The number of carbonyl (C=O) groups is 3. The maximum absolute atomic E-state index is 14.4. The highest BCUT2D eigenvalue weighted by Gasteiger charge is 2.79. The Morgan fingerprint density at radius 1 is 1.11 bits per heavy atom. The molecule has 1 aliphatic carbocycles. The van der Waals surface area contributed by atoms with Crippen molar-refractivity contribution in [3.63, 3.8) is 0 Å². The van der Waals surface area contributed by atoms with E-state index in [0.717, 1.165) is 37.7 Å². The quantitative estimate of drug-likeness (QED) is 0.435. The van der Waals surface area contributed by atoms with Crippen LogP contribution in [0.5, 0.6) is 0 Å². The molecule has 3 amide bonds. The molecule has 1 saturated carbocycles. The lowest BCUT2D eigenvalue weighted by atomic mass is 9.65. The number of rotatable bonds is 10. The van der Waals surface area contributed by atoms with E-state index in [0.29, 0.717) is 32.2 Å². The highest BCUT2D eigenvalue weighted by Crippen LogP contribution is 2.64. The highest BCUT2D eigenvalue weighted by atomic mass is 16.5. The molecule has 5 rings (SSSR count). The van der Waals surface area contributed by atoms with Crippen molar-refractivity contribution in [1.82, 2.24) is 15.5 Å². The first-order valence-electron chi connectivity index (χ1n) is 14.7. The molecule has 0 radical (unpaired) electrons. The first-order chi connectivity index (χ1) is 18.4. The van der Waals surface area contributed by atoms with Gasteiger partial charge in [-0.15, -0.1) is 0 Å². The lowest BCUT2D eigenvalue weighted by molar-refractivity contribution is -0.151. The molecular weight excluding hydrogens is 482 g/mol. The molecule has 3 heterocycles.